The molecule has 0 aliphatic carbocycles. The van der Waals surface area contributed by atoms with Crippen molar-refractivity contribution in [2.45, 2.75) is 22.9 Å². The number of fused-ring (bicyclic) bond motifs is 1. The van der Waals surface area contributed by atoms with E-state index in [2.05, 4.69) is 10.0 Å². The van der Waals surface area contributed by atoms with Crippen LogP contribution in [-0.2, 0) is 31.0 Å². The van der Waals surface area contributed by atoms with E-state index in [1.807, 2.05) is 18.2 Å². The van der Waals surface area contributed by atoms with Crippen LogP contribution >= 0.6 is 11.6 Å². The zero-order valence-electron chi connectivity index (χ0n) is 23.9. The molecule has 2 N–H and O–H groups in total. The van der Waals surface area contributed by atoms with Crippen LogP contribution in [0.2, 0.25) is 5.02 Å². The zero-order chi connectivity index (χ0) is 33.3. The van der Waals surface area contributed by atoms with E-state index in [0.717, 1.165) is 23.1 Å². The standard InChI is InChI=1S/C32H25ClF3N3O5S2/c1-21-9-14-26(15-10-21)46(43,44)39(24-13-18-29(33)28(19-24)32(34,35)36)20-31(40)37-23-11-16-25(17-12-23)45(41,42)38-30-8-4-6-22-5-2-3-7-27(22)30/h2-19,38H,20H2,1H3,(H,37,40). The lowest BCUT2D eigenvalue weighted by molar-refractivity contribution is -0.137. The van der Waals surface area contributed by atoms with E-state index >= 15 is 0 Å². The van der Waals surface area contributed by atoms with Gasteiger partial charge in [0.05, 0.1) is 31.8 Å². The fourth-order valence-corrected chi connectivity index (χ4v) is 7.32. The van der Waals surface area contributed by atoms with Crippen molar-refractivity contribution in [2.24, 2.45) is 0 Å². The molecule has 0 spiro atoms. The van der Waals surface area contributed by atoms with E-state index < -0.39 is 54.9 Å². The number of halogens is 4. The van der Waals surface area contributed by atoms with E-state index in [0.29, 0.717) is 21.4 Å². The van der Waals surface area contributed by atoms with Gasteiger partial charge in [-0.25, -0.2) is 16.8 Å². The average molecular weight is 688 g/mol. The molecular formula is C32H25ClF3N3O5S2. The molecule has 0 radical (unpaired) electrons. The fourth-order valence-electron chi connectivity index (χ4n) is 4.60. The number of amides is 1. The van der Waals surface area contributed by atoms with E-state index in [4.69, 9.17) is 11.6 Å². The molecule has 1 amide bonds. The SMILES string of the molecule is Cc1ccc(S(=O)(=O)N(CC(=O)Nc2ccc(S(=O)(=O)Nc3cccc4ccccc34)cc2)c2ccc(Cl)c(C(F)(F)F)c2)cc1. The summed E-state index contributed by atoms with van der Waals surface area (Å²) < 4.78 is 97.5. The maximum absolute atomic E-state index is 13.6. The van der Waals surface area contributed by atoms with Crippen LogP contribution in [0.4, 0.5) is 30.2 Å². The number of sulfonamides is 2. The number of hydrogen-bond acceptors (Lipinski definition) is 5. The molecule has 0 heterocycles. The summed E-state index contributed by atoms with van der Waals surface area (Å²) >= 11 is 5.75. The van der Waals surface area contributed by atoms with Gasteiger partial charge < -0.3 is 5.32 Å². The molecule has 46 heavy (non-hydrogen) atoms. The highest BCUT2D eigenvalue weighted by Gasteiger charge is 2.35. The van der Waals surface area contributed by atoms with Gasteiger partial charge in [0.2, 0.25) is 5.91 Å². The molecule has 0 bridgehead atoms. The molecule has 0 unspecified atom stereocenters. The molecular weight excluding hydrogens is 663 g/mol. The monoisotopic (exact) mass is 687 g/mol. The Morgan fingerprint density at radius 2 is 1.43 bits per heavy atom. The van der Waals surface area contributed by atoms with Crippen LogP contribution in [0.15, 0.2) is 119 Å². The summed E-state index contributed by atoms with van der Waals surface area (Å²) in [5, 5.41) is 3.37. The van der Waals surface area contributed by atoms with Crippen LogP contribution in [0.1, 0.15) is 11.1 Å². The molecule has 14 heteroatoms. The van der Waals surface area contributed by atoms with Crippen molar-refractivity contribution in [3.8, 4) is 0 Å². The Balaban J connectivity index is 1.39. The molecule has 0 aromatic heterocycles. The second-order valence-electron chi connectivity index (χ2n) is 10.2. The van der Waals surface area contributed by atoms with Crippen LogP contribution in [0.5, 0.6) is 0 Å². The second-order valence-corrected chi connectivity index (χ2v) is 14.1. The normalized spacial score (nSPS) is 12.1. The van der Waals surface area contributed by atoms with Crippen LogP contribution in [0.3, 0.4) is 0 Å². The molecule has 0 fully saturated rings. The summed E-state index contributed by atoms with van der Waals surface area (Å²) in [5.74, 6) is -0.899. The summed E-state index contributed by atoms with van der Waals surface area (Å²) in [7, 11) is -8.56. The van der Waals surface area contributed by atoms with Crippen molar-refractivity contribution in [1.29, 1.82) is 0 Å². The molecule has 0 aliphatic heterocycles. The predicted molar refractivity (Wildman–Crippen MR) is 172 cm³/mol. The Labute approximate surface area is 268 Å². The van der Waals surface area contributed by atoms with Crippen molar-refractivity contribution >= 4 is 65.4 Å². The van der Waals surface area contributed by atoms with E-state index in [9.17, 15) is 34.8 Å². The maximum Gasteiger partial charge on any atom is 0.417 e. The zero-order valence-corrected chi connectivity index (χ0v) is 26.3. The van der Waals surface area contributed by atoms with Gasteiger partial charge in [0.25, 0.3) is 20.0 Å². The van der Waals surface area contributed by atoms with Gasteiger partial charge in [-0.3, -0.25) is 13.8 Å². The number of alkyl halides is 3. The first-order chi connectivity index (χ1) is 21.6. The second kappa shape index (κ2) is 12.7. The Morgan fingerprint density at radius 1 is 0.804 bits per heavy atom. The minimum absolute atomic E-state index is 0.108. The van der Waals surface area contributed by atoms with Crippen molar-refractivity contribution in [2.75, 3.05) is 20.9 Å². The molecule has 0 aliphatic rings. The molecule has 0 atom stereocenters. The lowest BCUT2D eigenvalue weighted by Gasteiger charge is -2.25. The van der Waals surface area contributed by atoms with Gasteiger partial charge in [-0.2, -0.15) is 13.2 Å². The third-order valence-electron chi connectivity index (χ3n) is 6.92. The number of nitrogens with zero attached hydrogens (tertiary/aromatic N) is 1. The summed E-state index contributed by atoms with van der Waals surface area (Å²) in [6, 6.07) is 25.7. The Kier molecular flexibility index (Phi) is 9.03. The smallest absolute Gasteiger partial charge is 0.325 e. The van der Waals surface area contributed by atoms with Gasteiger partial charge in [-0.1, -0.05) is 65.7 Å². The first kappa shape index (κ1) is 32.8. The average Bonchev–Trinajstić information content (AvgIpc) is 3.00. The number of anilines is 3. The van der Waals surface area contributed by atoms with E-state index in [1.165, 1.54) is 48.5 Å². The summed E-state index contributed by atoms with van der Waals surface area (Å²) in [4.78, 5) is 12.8. The van der Waals surface area contributed by atoms with E-state index in [-0.39, 0.29) is 15.5 Å². The van der Waals surface area contributed by atoms with Crippen molar-refractivity contribution in [3.63, 3.8) is 0 Å². The third kappa shape index (κ3) is 7.11. The lowest BCUT2D eigenvalue weighted by atomic mass is 10.1. The fraction of sp³-hybridized carbons (Fsp3) is 0.0938. The molecule has 5 aromatic rings. The molecule has 0 saturated heterocycles. The van der Waals surface area contributed by atoms with Gasteiger partial charge in [0, 0.05) is 11.1 Å². The van der Waals surface area contributed by atoms with Gasteiger partial charge in [0.15, 0.2) is 0 Å². The van der Waals surface area contributed by atoms with Gasteiger partial charge in [-0.15, -0.1) is 0 Å². The minimum Gasteiger partial charge on any atom is -0.325 e. The van der Waals surface area contributed by atoms with Gasteiger partial charge in [-0.05, 0) is 73.0 Å². The number of nitrogens with one attached hydrogen (secondary N) is 2. The first-order valence-corrected chi connectivity index (χ1v) is 16.8. The molecule has 5 rings (SSSR count). The van der Waals surface area contributed by atoms with Crippen molar-refractivity contribution in [1.82, 2.24) is 0 Å². The number of benzene rings is 5. The summed E-state index contributed by atoms with van der Waals surface area (Å²) in [5.41, 5.74) is -0.472. The quantitative estimate of drug-likeness (QED) is 0.167. The van der Waals surface area contributed by atoms with Gasteiger partial charge in [0.1, 0.15) is 6.54 Å². The molecule has 238 valence electrons. The highest BCUT2D eigenvalue weighted by atomic mass is 35.5. The first-order valence-electron chi connectivity index (χ1n) is 13.5. The number of carbonyl (C=O) groups is 1. The summed E-state index contributed by atoms with van der Waals surface area (Å²) in [6.07, 6.45) is -4.89. The molecule has 8 nitrogen and oxygen atoms in total. The minimum atomic E-state index is -4.89. The van der Waals surface area contributed by atoms with Crippen molar-refractivity contribution in [3.05, 3.63) is 125 Å². The van der Waals surface area contributed by atoms with Crippen molar-refractivity contribution < 1.29 is 34.8 Å². The lowest BCUT2D eigenvalue weighted by Crippen LogP contribution is -2.38. The third-order valence-corrected chi connectivity index (χ3v) is 10.4. The highest BCUT2D eigenvalue weighted by molar-refractivity contribution is 7.93. The highest BCUT2D eigenvalue weighted by Crippen LogP contribution is 2.38. The number of rotatable bonds is 9. The van der Waals surface area contributed by atoms with Gasteiger partial charge >= 0.3 is 6.18 Å². The molecule has 0 saturated carbocycles. The maximum atomic E-state index is 13.6. The number of carbonyl (C=O) groups excluding carboxylic acids is 1. The topological polar surface area (TPSA) is 113 Å². The summed E-state index contributed by atoms with van der Waals surface area (Å²) in [6.45, 7) is 0.824. The van der Waals surface area contributed by atoms with Crippen LogP contribution in [0, 0.1) is 6.92 Å². The van der Waals surface area contributed by atoms with Crippen LogP contribution in [0.25, 0.3) is 10.8 Å². The number of hydrogen-bond donors (Lipinski definition) is 2. The van der Waals surface area contributed by atoms with Crippen LogP contribution < -0.4 is 14.3 Å². The Morgan fingerprint density at radius 3 is 2.11 bits per heavy atom. The molecule has 5 aromatic carbocycles. The van der Waals surface area contributed by atoms with Crippen LogP contribution in [-0.4, -0.2) is 29.3 Å². The number of aryl methyl sites for hydroxylation is 1. The predicted octanol–water partition coefficient (Wildman–Crippen LogP) is 7.46. The van der Waals surface area contributed by atoms with E-state index in [1.54, 1.807) is 31.2 Å². The largest absolute Gasteiger partial charge is 0.417 e. The Hall–Kier alpha value is -4.59. The Bertz CT molecular complexity index is 2140.